The molecule has 21 heavy (non-hydrogen) atoms. The quantitative estimate of drug-likeness (QED) is 0.692. The predicted octanol–water partition coefficient (Wildman–Crippen LogP) is 1.54. The fourth-order valence-corrected chi connectivity index (χ4v) is 2.92. The minimum atomic E-state index is -3.41. The van der Waals surface area contributed by atoms with Crippen molar-refractivity contribution in [1.29, 1.82) is 0 Å². The highest BCUT2D eigenvalue weighted by atomic mass is 32.2. The summed E-state index contributed by atoms with van der Waals surface area (Å²) < 4.78 is 35.0. The van der Waals surface area contributed by atoms with Crippen LogP contribution in [0.5, 0.6) is 0 Å². The molecule has 1 unspecified atom stereocenters. The summed E-state index contributed by atoms with van der Waals surface area (Å²) in [4.78, 5) is 0.377. The number of nitrogens with two attached hydrogens (primary N) is 1. The number of sulfone groups is 1. The van der Waals surface area contributed by atoms with E-state index in [0.29, 0.717) is 18.8 Å². The summed E-state index contributed by atoms with van der Waals surface area (Å²) in [7, 11) is -3.41. The third-order valence-electron chi connectivity index (χ3n) is 2.79. The standard InChI is InChI=1S/C14H21NO4S2/c1-3-18-10-11(2)19-7-8-21(16,17)13-6-4-5-12(9-13)14(15)20/h4-6,9,11H,3,7-8,10H2,1-2H3,(H2,15,20). The van der Waals surface area contributed by atoms with Crippen LogP contribution in [-0.4, -0.2) is 45.1 Å². The first-order valence-electron chi connectivity index (χ1n) is 6.68. The van der Waals surface area contributed by atoms with Crippen molar-refractivity contribution in [2.24, 2.45) is 5.73 Å². The molecular weight excluding hydrogens is 310 g/mol. The Kier molecular flexibility index (Phi) is 7.24. The Morgan fingerprint density at radius 3 is 2.76 bits per heavy atom. The van der Waals surface area contributed by atoms with Crippen LogP contribution >= 0.6 is 12.2 Å². The van der Waals surface area contributed by atoms with Gasteiger partial charge in [0.05, 0.1) is 30.0 Å². The van der Waals surface area contributed by atoms with Crippen molar-refractivity contribution < 1.29 is 17.9 Å². The van der Waals surface area contributed by atoms with Gasteiger partial charge in [0.2, 0.25) is 0 Å². The molecule has 0 aliphatic heterocycles. The monoisotopic (exact) mass is 331 g/mol. The van der Waals surface area contributed by atoms with Crippen LogP contribution in [0.1, 0.15) is 19.4 Å². The van der Waals surface area contributed by atoms with Crippen LogP contribution in [0, 0.1) is 0 Å². The van der Waals surface area contributed by atoms with Gasteiger partial charge in [0.15, 0.2) is 9.84 Å². The molecule has 0 saturated heterocycles. The minimum absolute atomic E-state index is 0.0930. The maximum absolute atomic E-state index is 12.2. The number of thiocarbonyl (C=S) groups is 1. The molecule has 0 radical (unpaired) electrons. The molecule has 0 fully saturated rings. The van der Waals surface area contributed by atoms with Crippen molar-refractivity contribution in [2.45, 2.75) is 24.8 Å². The Morgan fingerprint density at radius 2 is 2.14 bits per heavy atom. The van der Waals surface area contributed by atoms with Crippen LogP contribution in [0.2, 0.25) is 0 Å². The first-order chi connectivity index (χ1) is 9.86. The predicted molar refractivity (Wildman–Crippen MR) is 86.3 cm³/mol. The number of rotatable bonds is 9. The number of benzene rings is 1. The van der Waals surface area contributed by atoms with Crippen LogP contribution in [-0.2, 0) is 19.3 Å². The molecule has 118 valence electrons. The van der Waals surface area contributed by atoms with Gasteiger partial charge in [-0.2, -0.15) is 0 Å². The maximum Gasteiger partial charge on any atom is 0.180 e. The Balaban J connectivity index is 2.61. The van der Waals surface area contributed by atoms with Gasteiger partial charge in [-0.25, -0.2) is 8.42 Å². The van der Waals surface area contributed by atoms with E-state index >= 15 is 0 Å². The van der Waals surface area contributed by atoms with Gasteiger partial charge in [-0.15, -0.1) is 0 Å². The Labute approximate surface area is 131 Å². The topological polar surface area (TPSA) is 78.6 Å². The zero-order valence-corrected chi connectivity index (χ0v) is 13.9. The van der Waals surface area contributed by atoms with Crippen molar-refractivity contribution >= 4 is 27.0 Å². The molecule has 0 spiro atoms. The van der Waals surface area contributed by atoms with Crippen LogP contribution in [0.15, 0.2) is 29.2 Å². The molecule has 5 nitrogen and oxygen atoms in total. The van der Waals surface area contributed by atoms with Gasteiger partial charge < -0.3 is 15.2 Å². The molecule has 0 heterocycles. The molecule has 2 N–H and O–H groups in total. The van der Waals surface area contributed by atoms with Crippen LogP contribution in [0.25, 0.3) is 0 Å². The lowest BCUT2D eigenvalue weighted by Crippen LogP contribution is -2.21. The highest BCUT2D eigenvalue weighted by Crippen LogP contribution is 2.13. The molecule has 0 saturated carbocycles. The fourth-order valence-electron chi connectivity index (χ4n) is 1.65. The number of hydrogen-bond donors (Lipinski definition) is 1. The first kappa shape index (κ1) is 18.0. The molecule has 7 heteroatoms. The van der Waals surface area contributed by atoms with E-state index in [1.165, 1.54) is 12.1 Å². The van der Waals surface area contributed by atoms with E-state index < -0.39 is 9.84 Å². The molecule has 1 aromatic rings. The molecule has 0 aromatic heterocycles. The molecule has 1 atom stereocenters. The SMILES string of the molecule is CCOCC(C)OCCS(=O)(=O)c1cccc(C(N)=S)c1. The van der Waals surface area contributed by atoms with Crippen LogP contribution < -0.4 is 5.73 Å². The van der Waals surface area contributed by atoms with Crippen molar-refractivity contribution in [3.05, 3.63) is 29.8 Å². The Morgan fingerprint density at radius 1 is 1.43 bits per heavy atom. The molecule has 1 aromatic carbocycles. The van der Waals surface area contributed by atoms with Gasteiger partial charge in [0.25, 0.3) is 0 Å². The van der Waals surface area contributed by atoms with E-state index in [1.807, 2.05) is 13.8 Å². The average molecular weight is 331 g/mol. The van der Waals surface area contributed by atoms with E-state index in [0.717, 1.165) is 0 Å². The van der Waals surface area contributed by atoms with Crippen molar-refractivity contribution in [2.75, 3.05) is 25.6 Å². The van der Waals surface area contributed by atoms with E-state index in [2.05, 4.69) is 0 Å². The largest absolute Gasteiger partial charge is 0.389 e. The van der Waals surface area contributed by atoms with Crippen molar-refractivity contribution in [3.63, 3.8) is 0 Å². The summed E-state index contributed by atoms with van der Waals surface area (Å²) in [5, 5.41) is 0. The van der Waals surface area contributed by atoms with Crippen LogP contribution in [0.4, 0.5) is 0 Å². The summed E-state index contributed by atoms with van der Waals surface area (Å²) in [6.45, 7) is 4.92. The second kappa shape index (κ2) is 8.43. The Bertz CT molecular complexity index is 572. The summed E-state index contributed by atoms with van der Waals surface area (Å²) >= 11 is 4.85. The number of hydrogen-bond acceptors (Lipinski definition) is 5. The smallest absolute Gasteiger partial charge is 0.180 e. The summed E-state index contributed by atoms with van der Waals surface area (Å²) in [6, 6.07) is 6.32. The highest BCUT2D eigenvalue weighted by molar-refractivity contribution is 7.91. The van der Waals surface area contributed by atoms with E-state index in [4.69, 9.17) is 27.4 Å². The lowest BCUT2D eigenvalue weighted by molar-refractivity contribution is 0.00288. The van der Waals surface area contributed by atoms with E-state index in [-0.39, 0.29) is 28.3 Å². The lowest BCUT2D eigenvalue weighted by Gasteiger charge is -2.13. The fraction of sp³-hybridized carbons (Fsp3) is 0.500. The zero-order valence-electron chi connectivity index (χ0n) is 12.2. The maximum atomic E-state index is 12.2. The lowest BCUT2D eigenvalue weighted by atomic mass is 10.2. The normalized spacial score (nSPS) is 13.0. The summed E-state index contributed by atoms with van der Waals surface area (Å²) in [5.41, 5.74) is 6.05. The zero-order chi connectivity index (χ0) is 15.9. The van der Waals surface area contributed by atoms with Gasteiger partial charge >= 0.3 is 0 Å². The minimum Gasteiger partial charge on any atom is -0.389 e. The van der Waals surface area contributed by atoms with Gasteiger partial charge in [0, 0.05) is 12.2 Å². The molecule has 1 rings (SSSR count). The molecule has 0 aliphatic rings. The van der Waals surface area contributed by atoms with Gasteiger partial charge in [-0.1, -0.05) is 24.4 Å². The second-order valence-corrected chi connectivity index (χ2v) is 7.10. The third kappa shape index (κ3) is 6.09. The molecular formula is C14H21NO4S2. The van der Waals surface area contributed by atoms with Crippen LogP contribution in [0.3, 0.4) is 0 Å². The third-order valence-corrected chi connectivity index (χ3v) is 4.70. The van der Waals surface area contributed by atoms with Gasteiger partial charge in [-0.05, 0) is 26.0 Å². The van der Waals surface area contributed by atoms with Gasteiger partial charge in [-0.3, -0.25) is 0 Å². The summed E-state index contributed by atoms with van der Waals surface area (Å²) in [5.74, 6) is -0.0930. The average Bonchev–Trinajstić information content (AvgIpc) is 2.45. The molecule has 0 bridgehead atoms. The second-order valence-electron chi connectivity index (χ2n) is 4.55. The molecule has 0 amide bonds. The van der Waals surface area contributed by atoms with Crippen molar-refractivity contribution in [3.8, 4) is 0 Å². The highest BCUT2D eigenvalue weighted by Gasteiger charge is 2.16. The van der Waals surface area contributed by atoms with Crippen molar-refractivity contribution in [1.82, 2.24) is 0 Å². The molecule has 0 aliphatic carbocycles. The number of ether oxygens (including phenoxy) is 2. The first-order valence-corrected chi connectivity index (χ1v) is 8.75. The summed E-state index contributed by atoms with van der Waals surface area (Å²) in [6.07, 6.45) is -0.136. The van der Waals surface area contributed by atoms with E-state index in [1.54, 1.807) is 12.1 Å². The van der Waals surface area contributed by atoms with Gasteiger partial charge in [0.1, 0.15) is 4.99 Å². The Hall–Kier alpha value is -1.02. The van der Waals surface area contributed by atoms with E-state index in [9.17, 15) is 8.42 Å².